The monoisotopic (exact) mass is 584 g/mol. The number of carbonyl (C=O) groups is 4. The number of hydrogen-bond acceptors (Lipinski definition) is 10. The molecule has 0 fully saturated rings. The van der Waals surface area contributed by atoms with Crippen molar-refractivity contribution in [2.45, 2.75) is 12.6 Å². The highest BCUT2D eigenvalue weighted by Gasteiger charge is 2.20. The maximum absolute atomic E-state index is 12.5. The van der Waals surface area contributed by atoms with Crippen LogP contribution in [-0.4, -0.2) is 62.6 Å². The van der Waals surface area contributed by atoms with Gasteiger partial charge in [-0.25, -0.2) is 14.8 Å². The van der Waals surface area contributed by atoms with Crippen LogP contribution in [0.1, 0.15) is 38.0 Å². The lowest BCUT2D eigenvalue weighted by Crippen LogP contribution is -2.26. The second-order valence-electron chi connectivity index (χ2n) is 8.40. The lowest BCUT2D eigenvalue weighted by Gasteiger charge is -2.18. The standard InChI is InChI=1S/C17H13N5O5.C9H11NO3.ClH/c23-12-6-27-11-2-1-8(3-10(11)22-12)4-19-16(24)15-14-13(20-7-21-15)9(5-18-14)17(25)26;1-13-9(12)8(10)6-2-4-7(11)5-3-6;/h1-3,5,7,18H,4,6H2,(H,19,24)(H,22,23)(H,25,26);2-5,8,11H,10H2,1H3;1H. The molecule has 0 aliphatic carbocycles. The van der Waals surface area contributed by atoms with Gasteiger partial charge in [0.05, 0.1) is 18.3 Å². The quantitative estimate of drug-likeness (QED) is 0.180. The van der Waals surface area contributed by atoms with Crippen LogP contribution in [0.15, 0.2) is 55.0 Å². The topological polar surface area (TPSA) is 219 Å². The van der Waals surface area contributed by atoms with Gasteiger partial charge in [-0.1, -0.05) is 18.2 Å². The van der Waals surface area contributed by atoms with Crippen LogP contribution in [0.3, 0.4) is 0 Å². The van der Waals surface area contributed by atoms with Gasteiger partial charge in [0.15, 0.2) is 12.3 Å². The van der Waals surface area contributed by atoms with Crippen LogP contribution >= 0.6 is 12.4 Å². The molecule has 3 heterocycles. The van der Waals surface area contributed by atoms with Crippen LogP contribution < -0.4 is 21.1 Å². The Morgan fingerprint density at radius 2 is 1.90 bits per heavy atom. The molecule has 0 spiro atoms. The molecule has 1 unspecified atom stereocenters. The summed E-state index contributed by atoms with van der Waals surface area (Å²) >= 11 is 0. The number of phenolic OH excluding ortho intramolecular Hbond substituents is 1. The van der Waals surface area contributed by atoms with Gasteiger partial charge in [0.2, 0.25) is 0 Å². The van der Waals surface area contributed by atoms with E-state index in [2.05, 4.69) is 30.3 Å². The summed E-state index contributed by atoms with van der Waals surface area (Å²) in [5.74, 6) is -1.67. The van der Waals surface area contributed by atoms with Crippen molar-refractivity contribution in [1.82, 2.24) is 20.3 Å². The van der Waals surface area contributed by atoms with E-state index in [9.17, 15) is 19.2 Å². The first kappa shape index (κ1) is 30.3. The molecule has 0 saturated heterocycles. The summed E-state index contributed by atoms with van der Waals surface area (Å²) in [4.78, 5) is 56.7. The van der Waals surface area contributed by atoms with Gasteiger partial charge in [-0.2, -0.15) is 0 Å². The molecule has 2 aromatic carbocycles. The third kappa shape index (κ3) is 7.06. The third-order valence-electron chi connectivity index (χ3n) is 5.75. The lowest BCUT2D eigenvalue weighted by molar-refractivity contribution is -0.142. The number of halogens is 1. The highest BCUT2D eigenvalue weighted by molar-refractivity contribution is 6.08. The summed E-state index contributed by atoms with van der Waals surface area (Å²) in [5, 5.41) is 23.5. The SMILES string of the molecule is COC(=O)C(N)c1ccc(O)cc1.Cl.O=C1COc2ccc(CNC(=O)c3ncnc4c(C(=O)O)c[nH]c34)cc2N1. The molecule has 1 aliphatic heterocycles. The zero-order valence-corrected chi connectivity index (χ0v) is 22.2. The predicted octanol–water partition coefficient (Wildman–Crippen LogP) is 1.90. The molecule has 2 amide bonds. The maximum atomic E-state index is 12.5. The number of methoxy groups -OCH3 is 1. The van der Waals surface area contributed by atoms with Crippen molar-refractivity contribution in [3.05, 3.63) is 77.4 Å². The van der Waals surface area contributed by atoms with Gasteiger partial charge in [-0.15, -0.1) is 12.4 Å². The minimum absolute atomic E-state index is 0. The molecule has 14 nitrogen and oxygen atoms in total. The molecular formula is C26H25ClN6O8. The number of hydrogen-bond donors (Lipinski definition) is 6. The third-order valence-corrected chi connectivity index (χ3v) is 5.75. The van der Waals surface area contributed by atoms with Gasteiger partial charge >= 0.3 is 11.9 Å². The number of esters is 1. The Bertz CT molecular complexity index is 1590. The number of carboxylic acid groups (broad SMARTS) is 1. The van der Waals surface area contributed by atoms with E-state index in [1.807, 2.05) is 0 Å². The summed E-state index contributed by atoms with van der Waals surface area (Å²) in [5.41, 5.74) is 7.86. The number of carbonyl (C=O) groups excluding carboxylic acids is 3. The number of nitrogens with zero attached hydrogens (tertiary/aromatic N) is 2. The average molecular weight is 585 g/mol. The van der Waals surface area contributed by atoms with Crippen molar-refractivity contribution < 1.29 is 38.9 Å². The maximum Gasteiger partial charge on any atom is 0.339 e. The van der Waals surface area contributed by atoms with E-state index in [1.165, 1.54) is 25.4 Å². The molecule has 5 rings (SSSR count). The first-order valence-electron chi connectivity index (χ1n) is 11.7. The molecule has 1 atom stereocenters. The number of ether oxygens (including phenoxy) is 2. The van der Waals surface area contributed by atoms with Gasteiger partial charge in [0.1, 0.15) is 34.9 Å². The second kappa shape index (κ2) is 13.2. The van der Waals surface area contributed by atoms with Gasteiger partial charge in [-0.05, 0) is 35.4 Å². The number of fused-ring (bicyclic) bond motifs is 2. The number of rotatable bonds is 6. The number of nitrogens with one attached hydrogen (secondary N) is 3. The fraction of sp³-hybridized carbons (Fsp3) is 0.154. The lowest BCUT2D eigenvalue weighted by atomic mass is 10.1. The second-order valence-corrected chi connectivity index (χ2v) is 8.40. The molecule has 0 saturated carbocycles. The number of phenols is 1. The van der Waals surface area contributed by atoms with Crippen LogP contribution in [0.25, 0.3) is 11.0 Å². The number of aromatic carboxylic acids is 1. The molecule has 2 aromatic heterocycles. The van der Waals surface area contributed by atoms with E-state index in [1.54, 1.807) is 30.3 Å². The zero-order chi connectivity index (χ0) is 28.8. The first-order valence-corrected chi connectivity index (χ1v) is 11.7. The van der Waals surface area contributed by atoms with E-state index >= 15 is 0 Å². The van der Waals surface area contributed by atoms with E-state index in [-0.39, 0.29) is 59.5 Å². The van der Waals surface area contributed by atoms with Crippen molar-refractivity contribution in [3.8, 4) is 11.5 Å². The number of anilines is 1. The molecule has 15 heteroatoms. The Hall–Kier alpha value is -5.21. The summed E-state index contributed by atoms with van der Waals surface area (Å²) in [7, 11) is 1.28. The van der Waals surface area contributed by atoms with Gasteiger partial charge in [0, 0.05) is 12.7 Å². The molecule has 7 N–H and O–H groups in total. The summed E-state index contributed by atoms with van der Waals surface area (Å²) in [6, 6.07) is 10.5. The summed E-state index contributed by atoms with van der Waals surface area (Å²) in [6.07, 6.45) is 2.41. The van der Waals surface area contributed by atoms with Crippen molar-refractivity contribution in [2.75, 3.05) is 19.0 Å². The highest BCUT2D eigenvalue weighted by atomic mass is 35.5. The van der Waals surface area contributed by atoms with E-state index in [0.29, 0.717) is 17.0 Å². The van der Waals surface area contributed by atoms with Gasteiger partial charge < -0.3 is 41.0 Å². The van der Waals surface area contributed by atoms with E-state index in [0.717, 1.165) is 11.9 Å². The number of H-pyrrole nitrogens is 1. The smallest absolute Gasteiger partial charge is 0.339 e. The Morgan fingerprint density at radius 1 is 1.17 bits per heavy atom. The van der Waals surface area contributed by atoms with Crippen molar-refractivity contribution >= 4 is 52.9 Å². The number of aromatic nitrogens is 3. The van der Waals surface area contributed by atoms with Crippen LogP contribution in [0, 0.1) is 0 Å². The fourth-order valence-corrected chi connectivity index (χ4v) is 3.73. The number of amides is 2. The molecule has 0 radical (unpaired) electrons. The number of aromatic amines is 1. The molecular weight excluding hydrogens is 560 g/mol. The number of benzene rings is 2. The largest absolute Gasteiger partial charge is 0.508 e. The van der Waals surface area contributed by atoms with Crippen LogP contribution in [0.5, 0.6) is 11.5 Å². The molecule has 4 aromatic rings. The van der Waals surface area contributed by atoms with E-state index in [4.69, 9.17) is 20.7 Å². The number of carboxylic acids is 1. The summed E-state index contributed by atoms with van der Waals surface area (Å²) < 4.78 is 9.76. The summed E-state index contributed by atoms with van der Waals surface area (Å²) in [6.45, 7) is 0.154. The normalized spacial score (nSPS) is 12.3. The Balaban J connectivity index is 0.000000280. The number of nitrogens with two attached hydrogens (primary N) is 1. The highest BCUT2D eigenvalue weighted by Crippen LogP contribution is 2.28. The number of aromatic hydroxyl groups is 1. The Morgan fingerprint density at radius 3 is 2.59 bits per heavy atom. The van der Waals surface area contributed by atoms with Crippen LogP contribution in [0.2, 0.25) is 0 Å². The Labute approximate surface area is 238 Å². The molecule has 214 valence electrons. The predicted molar refractivity (Wildman–Crippen MR) is 147 cm³/mol. The molecule has 0 bridgehead atoms. The zero-order valence-electron chi connectivity index (χ0n) is 21.4. The average Bonchev–Trinajstić information content (AvgIpc) is 3.40. The van der Waals surface area contributed by atoms with Crippen molar-refractivity contribution in [3.63, 3.8) is 0 Å². The van der Waals surface area contributed by atoms with Crippen molar-refractivity contribution in [1.29, 1.82) is 0 Å². The van der Waals surface area contributed by atoms with Crippen LogP contribution in [-0.2, 0) is 20.9 Å². The minimum Gasteiger partial charge on any atom is -0.508 e. The minimum atomic E-state index is -1.15. The molecule has 41 heavy (non-hydrogen) atoms. The Kier molecular flexibility index (Phi) is 9.79. The van der Waals surface area contributed by atoms with Gasteiger partial charge in [0.25, 0.3) is 11.8 Å². The van der Waals surface area contributed by atoms with Crippen molar-refractivity contribution in [2.24, 2.45) is 5.73 Å². The van der Waals surface area contributed by atoms with Gasteiger partial charge in [-0.3, -0.25) is 14.4 Å². The van der Waals surface area contributed by atoms with E-state index < -0.39 is 23.9 Å². The van der Waals surface area contributed by atoms with Crippen LogP contribution in [0.4, 0.5) is 5.69 Å². The first-order chi connectivity index (χ1) is 19.2. The fourth-order valence-electron chi connectivity index (χ4n) is 3.73. The molecule has 1 aliphatic rings.